The summed E-state index contributed by atoms with van der Waals surface area (Å²) in [6.07, 6.45) is 5.72. The van der Waals surface area contributed by atoms with Crippen LogP contribution >= 0.6 is 11.8 Å². The molecule has 0 aromatic carbocycles. The van der Waals surface area contributed by atoms with E-state index in [0.29, 0.717) is 5.41 Å². The molecule has 0 atom stereocenters. The second kappa shape index (κ2) is 2.61. The topological polar surface area (TPSA) is 0 Å². The summed E-state index contributed by atoms with van der Waals surface area (Å²) in [5, 5.41) is 4.31. The van der Waals surface area contributed by atoms with Gasteiger partial charge in [-0.2, -0.15) is 0 Å². The fourth-order valence-electron chi connectivity index (χ4n) is 0.726. The van der Waals surface area contributed by atoms with Crippen LogP contribution in [0.3, 0.4) is 0 Å². The second-order valence-electron chi connectivity index (χ2n) is 2.60. The zero-order valence-corrected chi connectivity index (χ0v) is 6.74. The third-order valence-corrected chi connectivity index (χ3v) is 2.40. The third kappa shape index (κ3) is 1.62. The lowest BCUT2D eigenvalue weighted by molar-refractivity contribution is 0.531. The first-order valence-electron chi connectivity index (χ1n) is 3.28. The molecular weight excluding hydrogens is 128 g/mol. The Balaban J connectivity index is 2.67. The SMILES string of the molecule is CCC1(C)C=CSC=C1. The molecule has 0 aromatic heterocycles. The molecule has 0 nitrogen and oxygen atoms in total. The van der Waals surface area contributed by atoms with Gasteiger partial charge in [0, 0.05) is 5.41 Å². The minimum Gasteiger partial charge on any atom is -0.107 e. The van der Waals surface area contributed by atoms with Crippen LogP contribution in [0.1, 0.15) is 20.3 Å². The lowest BCUT2D eigenvalue weighted by Gasteiger charge is -2.20. The van der Waals surface area contributed by atoms with Gasteiger partial charge >= 0.3 is 0 Å². The maximum atomic E-state index is 2.26. The van der Waals surface area contributed by atoms with Crippen molar-refractivity contribution >= 4 is 11.8 Å². The summed E-state index contributed by atoms with van der Waals surface area (Å²) in [7, 11) is 0. The maximum absolute atomic E-state index is 2.26. The van der Waals surface area contributed by atoms with E-state index in [4.69, 9.17) is 0 Å². The van der Waals surface area contributed by atoms with Gasteiger partial charge in [0.25, 0.3) is 0 Å². The van der Waals surface area contributed by atoms with Gasteiger partial charge in [0.2, 0.25) is 0 Å². The Kier molecular flexibility index (Phi) is 2.01. The fraction of sp³-hybridized carbons (Fsp3) is 0.500. The lowest BCUT2D eigenvalue weighted by atomic mass is 9.88. The smallest absolute Gasteiger partial charge is 0.00466 e. The molecule has 0 unspecified atom stereocenters. The summed E-state index contributed by atoms with van der Waals surface area (Å²) >= 11 is 1.75. The first kappa shape index (κ1) is 6.94. The number of hydrogen-bond acceptors (Lipinski definition) is 1. The van der Waals surface area contributed by atoms with E-state index in [9.17, 15) is 0 Å². The average molecular weight is 140 g/mol. The lowest BCUT2D eigenvalue weighted by Crippen LogP contribution is -2.07. The fourth-order valence-corrected chi connectivity index (χ4v) is 1.60. The van der Waals surface area contributed by atoms with Crippen molar-refractivity contribution in [1.82, 2.24) is 0 Å². The Hall–Kier alpha value is -0.170. The zero-order chi connectivity index (χ0) is 6.74. The molecule has 1 rings (SSSR count). The van der Waals surface area contributed by atoms with Crippen LogP contribution in [0.15, 0.2) is 23.0 Å². The van der Waals surface area contributed by atoms with Crippen molar-refractivity contribution in [1.29, 1.82) is 0 Å². The van der Waals surface area contributed by atoms with Crippen LogP contribution in [0.25, 0.3) is 0 Å². The summed E-state index contributed by atoms with van der Waals surface area (Å²) in [5.41, 5.74) is 0.339. The molecule has 50 valence electrons. The molecule has 0 saturated carbocycles. The second-order valence-corrected chi connectivity index (χ2v) is 3.42. The van der Waals surface area contributed by atoms with Crippen LogP contribution in [-0.4, -0.2) is 0 Å². The quantitative estimate of drug-likeness (QED) is 0.539. The third-order valence-electron chi connectivity index (χ3n) is 1.82. The van der Waals surface area contributed by atoms with E-state index < -0.39 is 0 Å². The maximum Gasteiger partial charge on any atom is 0.00466 e. The largest absolute Gasteiger partial charge is 0.107 e. The Morgan fingerprint density at radius 2 is 1.89 bits per heavy atom. The van der Waals surface area contributed by atoms with E-state index in [-0.39, 0.29) is 0 Å². The molecule has 9 heavy (non-hydrogen) atoms. The minimum absolute atomic E-state index is 0.339. The molecule has 0 amide bonds. The van der Waals surface area contributed by atoms with Crippen LogP contribution in [0.4, 0.5) is 0 Å². The van der Waals surface area contributed by atoms with Crippen molar-refractivity contribution in [2.24, 2.45) is 5.41 Å². The highest BCUT2D eigenvalue weighted by Gasteiger charge is 2.14. The molecule has 0 saturated heterocycles. The van der Waals surface area contributed by atoms with Gasteiger partial charge < -0.3 is 0 Å². The molecule has 0 spiro atoms. The van der Waals surface area contributed by atoms with Gasteiger partial charge in [-0.25, -0.2) is 0 Å². The van der Waals surface area contributed by atoms with Gasteiger partial charge in [0.05, 0.1) is 0 Å². The van der Waals surface area contributed by atoms with E-state index in [2.05, 4.69) is 36.8 Å². The van der Waals surface area contributed by atoms with Crippen molar-refractivity contribution in [2.75, 3.05) is 0 Å². The minimum atomic E-state index is 0.339. The van der Waals surface area contributed by atoms with Gasteiger partial charge in [0.15, 0.2) is 0 Å². The Morgan fingerprint density at radius 1 is 1.33 bits per heavy atom. The molecule has 1 heteroatoms. The van der Waals surface area contributed by atoms with Gasteiger partial charge in [-0.3, -0.25) is 0 Å². The number of thioether (sulfide) groups is 1. The Labute approximate surface area is 61.0 Å². The van der Waals surface area contributed by atoms with E-state index in [1.807, 2.05) is 0 Å². The predicted octanol–water partition coefficient (Wildman–Crippen LogP) is 3.18. The van der Waals surface area contributed by atoms with Crippen molar-refractivity contribution in [2.45, 2.75) is 20.3 Å². The summed E-state index contributed by atoms with van der Waals surface area (Å²) in [6, 6.07) is 0. The van der Waals surface area contributed by atoms with E-state index >= 15 is 0 Å². The molecule has 1 aliphatic rings. The molecule has 1 heterocycles. The molecule has 0 aliphatic carbocycles. The molecule has 0 bridgehead atoms. The van der Waals surface area contributed by atoms with Crippen molar-refractivity contribution in [3.63, 3.8) is 0 Å². The van der Waals surface area contributed by atoms with Crippen LogP contribution in [-0.2, 0) is 0 Å². The highest BCUT2D eigenvalue weighted by molar-refractivity contribution is 8.04. The van der Waals surface area contributed by atoms with E-state index in [1.54, 1.807) is 11.8 Å². The molecule has 0 radical (unpaired) electrons. The van der Waals surface area contributed by atoms with Gasteiger partial charge in [0.1, 0.15) is 0 Å². The highest BCUT2D eigenvalue weighted by Crippen LogP contribution is 2.30. The average Bonchev–Trinajstić information content (AvgIpc) is 1.90. The monoisotopic (exact) mass is 140 g/mol. The van der Waals surface area contributed by atoms with Crippen molar-refractivity contribution in [3.8, 4) is 0 Å². The van der Waals surface area contributed by atoms with Crippen LogP contribution in [0.5, 0.6) is 0 Å². The van der Waals surface area contributed by atoms with Crippen LogP contribution in [0.2, 0.25) is 0 Å². The van der Waals surface area contributed by atoms with Crippen molar-refractivity contribution < 1.29 is 0 Å². The number of hydrogen-bond donors (Lipinski definition) is 0. The van der Waals surface area contributed by atoms with E-state index in [0.717, 1.165) is 0 Å². The molecule has 0 fully saturated rings. The standard InChI is InChI=1S/C8H12S/c1-3-8(2)4-6-9-7-5-8/h4-7H,3H2,1-2H3. The zero-order valence-electron chi connectivity index (χ0n) is 5.92. The van der Waals surface area contributed by atoms with Gasteiger partial charge in [-0.1, -0.05) is 26.0 Å². The normalized spacial score (nSPS) is 22.4. The summed E-state index contributed by atoms with van der Waals surface area (Å²) in [5.74, 6) is 0. The number of rotatable bonds is 1. The molecule has 1 aliphatic heterocycles. The highest BCUT2D eigenvalue weighted by atomic mass is 32.2. The molecule has 0 aromatic rings. The van der Waals surface area contributed by atoms with Gasteiger partial charge in [-0.05, 0) is 17.2 Å². The predicted molar refractivity (Wildman–Crippen MR) is 44.3 cm³/mol. The van der Waals surface area contributed by atoms with E-state index in [1.165, 1.54) is 6.42 Å². The number of allylic oxidation sites excluding steroid dienone is 2. The summed E-state index contributed by atoms with van der Waals surface area (Å²) in [6.45, 7) is 4.46. The molecular formula is C8H12S. The first-order valence-corrected chi connectivity index (χ1v) is 4.22. The summed E-state index contributed by atoms with van der Waals surface area (Å²) < 4.78 is 0. The van der Waals surface area contributed by atoms with Crippen molar-refractivity contribution in [3.05, 3.63) is 23.0 Å². The Morgan fingerprint density at radius 3 is 2.22 bits per heavy atom. The van der Waals surface area contributed by atoms with Crippen LogP contribution in [0, 0.1) is 5.41 Å². The Bertz CT molecular complexity index is 133. The summed E-state index contributed by atoms with van der Waals surface area (Å²) in [4.78, 5) is 0. The van der Waals surface area contributed by atoms with Crippen LogP contribution < -0.4 is 0 Å². The molecule has 0 N–H and O–H groups in total. The van der Waals surface area contributed by atoms with Gasteiger partial charge in [-0.15, -0.1) is 11.8 Å². The first-order chi connectivity index (χ1) is 4.27.